The van der Waals surface area contributed by atoms with E-state index >= 15 is 0 Å². The van der Waals surface area contributed by atoms with Crippen LogP contribution in [0.3, 0.4) is 0 Å². The van der Waals surface area contributed by atoms with Gasteiger partial charge in [0.15, 0.2) is 11.6 Å². The van der Waals surface area contributed by atoms with E-state index in [1.165, 1.54) is 25.2 Å². The van der Waals surface area contributed by atoms with Crippen LogP contribution in [0.25, 0.3) is 11.4 Å². The number of nitrogens with zero attached hydrogens (tertiary/aromatic N) is 1. The molecule has 29 heavy (non-hydrogen) atoms. The third-order valence-corrected chi connectivity index (χ3v) is 4.63. The fourth-order valence-electron chi connectivity index (χ4n) is 3.24. The van der Waals surface area contributed by atoms with Crippen LogP contribution in [-0.4, -0.2) is 28.8 Å². The maximum Gasteiger partial charge on any atom is 0.271 e. The molecule has 2 aromatic carbocycles. The van der Waals surface area contributed by atoms with Crippen molar-refractivity contribution in [2.24, 2.45) is 0 Å². The van der Waals surface area contributed by atoms with Gasteiger partial charge >= 0.3 is 0 Å². The molecule has 2 amide bonds. The zero-order valence-electron chi connectivity index (χ0n) is 15.7. The second-order valence-electron chi connectivity index (χ2n) is 6.62. The van der Waals surface area contributed by atoms with Crippen LogP contribution in [0, 0.1) is 12.7 Å². The Labute approximate surface area is 165 Å². The van der Waals surface area contributed by atoms with Crippen molar-refractivity contribution in [1.29, 1.82) is 0 Å². The Morgan fingerprint density at radius 1 is 1.31 bits per heavy atom. The van der Waals surface area contributed by atoms with Gasteiger partial charge in [0.25, 0.3) is 11.8 Å². The molecule has 3 aromatic rings. The van der Waals surface area contributed by atoms with Gasteiger partial charge in [-0.2, -0.15) is 0 Å². The van der Waals surface area contributed by atoms with Crippen molar-refractivity contribution in [1.82, 2.24) is 20.6 Å². The molecule has 148 valence electrons. The molecule has 1 aromatic heterocycles. The molecule has 0 aliphatic carbocycles. The summed E-state index contributed by atoms with van der Waals surface area (Å²) in [6, 6.07) is 7.39. The molecule has 8 nitrogen and oxygen atoms in total. The van der Waals surface area contributed by atoms with E-state index in [4.69, 9.17) is 10.5 Å². The molecular weight excluding hydrogens is 377 g/mol. The van der Waals surface area contributed by atoms with Crippen LogP contribution in [-0.2, 0) is 6.54 Å². The number of anilines is 1. The predicted octanol–water partition coefficient (Wildman–Crippen LogP) is 2.50. The first kappa shape index (κ1) is 18.5. The van der Waals surface area contributed by atoms with E-state index in [9.17, 15) is 14.0 Å². The van der Waals surface area contributed by atoms with Gasteiger partial charge in [-0.25, -0.2) is 9.37 Å². The highest BCUT2D eigenvalue weighted by atomic mass is 19.1. The number of nitrogens with two attached hydrogens (primary N) is 1. The standard InChI is InChI=1S/C20H18FN5O3/c1-9-17(20(28)23-2)26-18(25-9)13-7-12(5-10-8-24-19(27)16(10)13)29-15-4-3-11(22)6-14(15)21/h3-7H,8,22H2,1-2H3,(H,23,28)(H,24,27)(H,25,26). The van der Waals surface area contributed by atoms with Crippen molar-refractivity contribution in [3.63, 3.8) is 0 Å². The van der Waals surface area contributed by atoms with E-state index in [1.807, 2.05) is 0 Å². The fourth-order valence-corrected chi connectivity index (χ4v) is 3.24. The van der Waals surface area contributed by atoms with Crippen LogP contribution < -0.4 is 21.1 Å². The number of aromatic nitrogens is 2. The predicted molar refractivity (Wildman–Crippen MR) is 104 cm³/mol. The van der Waals surface area contributed by atoms with Gasteiger partial charge in [0.1, 0.15) is 17.3 Å². The number of benzene rings is 2. The van der Waals surface area contributed by atoms with Gasteiger partial charge in [0.2, 0.25) is 0 Å². The van der Waals surface area contributed by atoms with E-state index in [0.717, 1.165) is 0 Å². The average Bonchev–Trinajstić information content (AvgIpc) is 3.26. The second-order valence-corrected chi connectivity index (χ2v) is 6.62. The molecule has 0 atom stereocenters. The summed E-state index contributed by atoms with van der Waals surface area (Å²) in [4.78, 5) is 31.7. The summed E-state index contributed by atoms with van der Waals surface area (Å²) in [5, 5.41) is 5.28. The van der Waals surface area contributed by atoms with Crippen molar-refractivity contribution in [2.75, 3.05) is 12.8 Å². The summed E-state index contributed by atoms with van der Waals surface area (Å²) < 4.78 is 19.8. The number of fused-ring (bicyclic) bond motifs is 1. The van der Waals surface area contributed by atoms with Crippen LogP contribution in [0.5, 0.6) is 11.5 Å². The van der Waals surface area contributed by atoms with Crippen molar-refractivity contribution in [3.8, 4) is 22.9 Å². The van der Waals surface area contributed by atoms with Crippen LogP contribution in [0.2, 0.25) is 0 Å². The number of H-pyrrole nitrogens is 1. The number of aromatic amines is 1. The number of hydrogen-bond acceptors (Lipinski definition) is 5. The highest BCUT2D eigenvalue weighted by molar-refractivity contribution is 6.04. The highest BCUT2D eigenvalue weighted by Crippen LogP contribution is 2.35. The summed E-state index contributed by atoms with van der Waals surface area (Å²) in [5.74, 6) is -0.522. The largest absolute Gasteiger partial charge is 0.454 e. The molecule has 1 aliphatic rings. The quantitative estimate of drug-likeness (QED) is 0.506. The summed E-state index contributed by atoms with van der Waals surface area (Å²) in [7, 11) is 1.51. The van der Waals surface area contributed by atoms with Crippen LogP contribution in [0.1, 0.15) is 32.1 Å². The first-order valence-electron chi connectivity index (χ1n) is 8.84. The molecule has 1 aliphatic heterocycles. The van der Waals surface area contributed by atoms with Crippen molar-refractivity contribution in [2.45, 2.75) is 13.5 Å². The SMILES string of the molecule is CNC(=O)c1nc(-c2cc(Oc3ccc(N)cc3F)cc3c2C(=O)NC3)[nH]c1C. The van der Waals surface area contributed by atoms with Gasteiger partial charge in [-0.15, -0.1) is 0 Å². The normalized spacial score (nSPS) is 12.4. The smallest absolute Gasteiger partial charge is 0.271 e. The summed E-state index contributed by atoms with van der Waals surface area (Å²) in [6.07, 6.45) is 0. The molecule has 5 N–H and O–H groups in total. The molecular formula is C20H18FN5O3. The van der Waals surface area contributed by atoms with Crippen LogP contribution in [0.15, 0.2) is 30.3 Å². The second kappa shape index (κ2) is 6.93. The highest BCUT2D eigenvalue weighted by Gasteiger charge is 2.27. The monoisotopic (exact) mass is 395 g/mol. The number of nitrogen functional groups attached to an aromatic ring is 1. The summed E-state index contributed by atoms with van der Waals surface area (Å²) in [6.45, 7) is 2.02. The minimum absolute atomic E-state index is 0.00376. The van der Waals surface area contributed by atoms with Crippen LogP contribution in [0.4, 0.5) is 10.1 Å². The van der Waals surface area contributed by atoms with Crippen molar-refractivity contribution >= 4 is 17.5 Å². The number of carbonyl (C=O) groups is 2. The average molecular weight is 395 g/mol. The Hall–Kier alpha value is -3.88. The Bertz CT molecular complexity index is 1160. The molecule has 0 spiro atoms. The van der Waals surface area contributed by atoms with Gasteiger partial charge < -0.3 is 26.1 Å². The zero-order chi connectivity index (χ0) is 20.7. The molecule has 0 unspecified atom stereocenters. The molecule has 0 bridgehead atoms. The van der Waals surface area contributed by atoms with E-state index in [-0.39, 0.29) is 28.9 Å². The molecule has 9 heteroatoms. The number of rotatable bonds is 4. The number of carbonyl (C=O) groups excluding carboxylic acids is 2. The zero-order valence-corrected chi connectivity index (χ0v) is 15.7. The number of amides is 2. The third kappa shape index (κ3) is 3.27. The van der Waals surface area contributed by atoms with Gasteiger partial charge in [-0.1, -0.05) is 0 Å². The summed E-state index contributed by atoms with van der Waals surface area (Å²) >= 11 is 0. The summed E-state index contributed by atoms with van der Waals surface area (Å²) in [5.41, 5.74) is 8.23. The number of nitrogens with one attached hydrogen (secondary N) is 3. The lowest BCUT2D eigenvalue weighted by Gasteiger charge is -2.11. The van der Waals surface area contributed by atoms with Crippen molar-refractivity contribution < 1.29 is 18.7 Å². The fraction of sp³-hybridized carbons (Fsp3) is 0.150. The minimum atomic E-state index is -0.600. The first-order valence-corrected chi connectivity index (χ1v) is 8.84. The van der Waals surface area contributed by atoms with Gasteiger partial charge in [-0.3, -0.25) is 9.59 Å². The number of ether oxygens (including phenoxy) is 1. The molecule has 4 rings (SSSR count). The maximum atomic E-state index is 14.1. The molecule has 0 fully saturated rings. The number of halogens is 1. The van der Waals surface area contributed by atoms with Crippen molar-refractivity contribution in [3.05, 3.63) is 58.7 Å². The Morgan fingerprint density at radius 3 is 2.83 bits per heavy atom. The lowest BCUT2D eigenvalue weighted by molar-refractivity contribution is 0.0953. The number of imidazole rings is 1. The lowest BCUT2D eigenvalue weighted by Crippen LogP contribution is -2.19. The molecule has 2 heterocycles. The number of hydrogen-bond donors (Lipinski definition) is 4. The van der Waals surface area contributed by atoms with E-state index < -0.39 is 5.82 Å². The number of aryl methyl sites for hydroxylation is 1. The lowest BCUT2D eigenvalue weighted by atomic mass is 10.0. The Kier molecular flexibility index (Phi) is 4.42. The first-order chi connectivity index (χ1) is 13.9. The van der Waals surface area contributed by atoms with E-state index in [0.29, 0.717) is 40.5 Å². The molecule has 0 saturated carbocycles. The molecule has 0 saturated heterocycles. The topological polar surface area (TPSA) is 122 Å². The molecule has 0 radical (unpaired) electrons. The third-order valence-electron chi connectivity index (χ3n) is 4.63. The van der Waals surface area contributed by atoms with Gasteiger partial charge in [-0.05, 0) is 36.8 Å². The van der Waals surface area contributed by atoms with Gasteiger partial charge in [0, 0.05) is 36.6 Å². The Morgan fingerprint density at radius 2 is 2.10 bits per heavy atom. The maximum absolute atomic E-state index is 14.1. The Balaban J connectivity index is 1.81. The van der Waals surface area contributed by atoms with Crippen LogP contribution >= 0.6 is 0 Å². The minimum Gasteiger partial charge on any atom is -0.454 e. The van der Waals surface area contributed by atoms with Gasteiger partial charge in [0.05, 0.1) is 5.56 Å². The van der Waals surface area contributed by atoms with E-state index in [2.05, 4.69) is 20.6 Å². The van der Waals surface area contributed by atoms with E-state index in [1.54, 1.807) is 19.1 Å².